The summed E-state index contributed by atoms with van der Waals surface area (Å²) in [6.07, 6.45) is 2.19. The average Bonchev–Trinajstić information content (AvgIpc) is 3.19. The first-order valence-electron chi connectivity index (χ1n) is 6.47. The molecule has 0 aliphatic heterocycles. The Morgan fingerprint density at radius 3 is 2.53 bits per heavy atom. The van der Waals surface area contributed by atoms with Crippen LogP contribution in [0.15, 0.2) is 29.2 Å². The molecule has 0 N–H and O–H groups in total. The number of nitriles is 1. The van der Waals surface area contributed by atoms with Gasteiger partial charge in [-0.1, -0.05) is 12.1 Å². The fraction of sp³-hybridized carbons (Fsp3) is 0.500. The van der Waals surface area contributed by atoms with Crippen molar-refractivity contribution in [3.63, 3.8) is 0 Å². The van der Waals surface area contributed by atoms with Gasteiger partial charge in [0.1, 0.15) is 6.07 Å². The normalized spacial score (nSPS) is 15.7. The molecule has 0 bridgehead atoms. The van der Waals surface area contributed by atoms with Gasteiger partial charge in [-0.25, -0.2) is 8.42 Å². The van der Waals surface area contributed by atoms with E-state index in [0.717, 1.165) is 12.8 Å². The van der Waals surface area contributed by atoms with E-state index < -0.39 is 10.0 Å². The van der Waals surface area contributed by atoms with Crippen molar-refractivity contribution in [1.29, 1.82) is 5.26 Å². The van der Waals surface area contributed by atoms with Crippen molar-refractivity contribution in [2.75, 3.05) is 6.54 Å². The zero-order valence-corrected chi connectivity index (χ0v) is 12.0. The molecule has 1 saturated carbocycles. The predicted molar refractivity (Wildman–Crippen MR) is 72.9 cm³/mol. The SMILES string of the molecule is CC(C)N(CC1CC1)S(=O)(=O)c1ccccc1C#N. The monoisotopic (exact) mass is 278 g/mol. The Labute approximate surface area is 114 Å². The van der Waals surface area contributed by atoms with Crippen LogP contribution in [0, 0.1) is 17.2 Å². The maximum absolute atomic E-state index is 12.7. The van der Waals surface area contributed by atoms with Gasteiger partial charge in [-0.15, -0.1) is 0 Å². The zero-order chi connectivity index (χ0) is 14.0. The highest BCUT2D eigenvalue weighted by Gasteiger charge is 2.34. The summed E-state index contributed by atoms with van der Waals surface area (Å²) in [5.74, 6) is 0.478. The van der Waals surface area contributed by atoms with Crippen LogP contribution in [0.4, 0.5) is 0 Å². The minimum Gasteiger partial charge on any atom is -0.207 e. The van der Waals surface area contributed by atoms with Crippen LogP contribution in [0.1, 0.15) is 32.3 Å². The summed E-state index contributed by atoms with van der Waals surface area (Å²) in [6.45, 7) is 4.30. The average molecular weight is 278 g/mol. The number of benzene rings is 1. The zero-order valence-electron chi connectivity index (χ0n) is 11.2. The summed E-state index contributed by atoms with van der Waals surface area (Å²) >= 11 is 0. The molecule has 0 atom stereocenters. The Morgan fingerprint density at radius 2 is 2.00 bits per heavy atom. The van der Waals surface area contributed by atoms with E-state index in [1.54, 1.807) is 18.2 Å². The fourth-order valence-corrected chi connectivity index (χ4v) is 3.91. The van der Waals surface area contributed by atoms with E-state index in [2.05, 4.69) is 0 Å². The van der Waals surface area contributed by atoms with E-state index in [4.69, 9.17) is 5.26 Å². The molecule has 4 nitrogen and oxygen atoms in total. The number of hydrogen-bond donors (Lipinski definition) is 0. The van der Waals surface area contributed by atoms with Crippen molar-refractivity contribution in [1.82, 2.24) is 4.31 Å². The molecule has 1 aliphatic carbocycles. The summed E-state index contributed by atoms with van der Waals surface area (Å²) in [6, 6.07) is 8.25. The van der Waals surface area contributed by atoms with Crippen molar-refractivity contribution in [2.24, 2.45) is 5.92 Å². The lowest BCUT2D eigenvalue weighted by atomic mass is 10.2. The largest absolute Gasteiger partial charge is 0.244 e. The smallest absolute Gasteiger partial charge is 0.207 e. The van der Waals surface area contributed by atoms with E-state index in [-0.39, 0.29) is 16.5 Å². The van der Waals surface area contributed by atoms with E-state index in [1.165, 1.54) is 10.4 Å². The quantitative estimate of drug-likeness (QED) is 0.830. The Hall–Kier alpha value is -1.38. The molecule has 1 aliphatic rings. The highest BCUT2D eigenvalue weighted by atomic mass is 32.2. The lowest BCUT2D eigenvalue weighted by Gasteiger charge is -2.26. The third-order valence-corrected chi connectivity index (χ3v) is 5.41. The van der Waals surface area contributed by atoms with Crippen LogP contribution >= 0.6 is 0 Å². The lowest BCUT2D eigenvalue weighted by molar-refractivity contribution is 0.341. The van der Waals surface area contributed by atoms with Crippen molar-refractivity contribution in [2.45, 2.75) is 37.6 Å². The molecule has 0 unspecified atom stereocenters. The van der Waals surface area contributed by atoms with Crippen LogP contribution in [0.3, 0.4) is 0 Å². The van der Waals surface area contributed by atoms with Crippen LogP contribution in [0.25, 0.3) is 0 Å². The molecule has 102 valence electrons. The summed E-state index contributed by atoms with van der Waals surface area (Å²) in [7, 11) is -3.59. The molecule has 0 radical (unpaired) electrons. The minimum absolute atomic E-state index is 0.0997. The van der Waals surface area contributed by atoms with Crippen LogP contribution in [-0.2, 0) is 10.0 Å². The highest BCUT2D eigenvalue weighted by molar-refractivity contribution is 7.89. The van der Waals surface area contributed by atoms with Crippen LogP contribution in [0.5, 0.6) is 0 Å². The number of sulfonamides is 1. The van der Waals surface area contributed by atoms with Crippen LogP contribution in [0.2, 0.25) is 0 Å². The first kappa shape index (κ1) is 14.0. The Bertz CT molecular complexity index is 598. The molecule has 0 spiro atoms. The number of nitrogens with zero attached hydrogens (tertiary/aromatic N) is 2. The summed E-state index contributed by atoms with van der Waals surface area (Å²) in [4.78, 5) is 0.117. The highest BCUT2D eigenvalue weighted by Crippen LogP contribution is 2.33. The molecule has 0 amide bonds. The third-order valence-electron chi connectivity index (χ3n) is 3.31. The van der Waals surface area contributed by atoms with E-state index in [0.29, 0.717) is 12.5 Å². The van der Waals surface area contributed by atoms with E-state index in [1.807, 2.05) is 19.9 Å². The molecule has 2 rings (SSSR count). The van der Waals surface area contributed by atoms with Gasteiger partial charge in [-0.2, -0.15) is 9.57 Å². The standard InChI is InChI=1S/C14H18N2O2S/c1-11(2)16(10-12-7-8-12)19(17,18)14-6-4-3-5-13(14)9-15/h3-6,11-12H,7-8,10H2,1-2H3. The van der Waals surface area contributed by atoms with Crippen molar-refractivity contribution >= 4 is 10.0 Å². The van der Waals surface area contributed by atoms with E-state index in [9.17, 15) is 8.42 Å². The van der Waals surface area contributed by atoms with Gasteiger partial charge in [-0.05, 0) is 44.7 Å². The molecule has 0 aromatic heterocycles. The first-order chi connectivity index (χ1) is 8.96. The number of hydrogen-bond acceptors (Lipinski definition) is 3. The molecule has 5 heteroatoms. The Kier molecular flexibility index (Phi) is 3.93. The summed E-state index contributed by atoms with van der Waals surface area (Å²) < 4.78 is 26.9. The molecule has 1 aromatic carbocycles. The van der Waals surface area contributed by atoms with Gasteiger partial charge in [0.15, 0.2) is 0 Å². The van der Waals surface area contributed by atoms with Gasteiger partial charge >= 0.3 is 0 Å². The minimum atomic E-state index is -3.59. The molecular formula is C14H18N2O2S. The topological polar surface area (TPSA) is 61.2 Å². The lowest BCUT2D eigenvalue weighted by Crippen LogP contribution is -2.38. The second-order valence-electron chi connectivity index (χ2n) is 5.22. The molecule has 1 fully saturated rings. The summed E-state index contributed by atoms with van der Waals surface area (Å²) in [5.41, 5.74) is 0.212. The van der Waals surface area contributed by atoms with Crippen molar-refractivity contribution < 1.29 is 8.42 Å². The van der Waals surface area contributed by atoms with Crippen molar-refractivity contribution in [3.05, 3.63) is 29.8 Å². The first-order valence-corrected chi connectivity index (χ1v) is 7.91. The summed E-state index contributed by atoms with van der Waals surface area (Å²) in [5, 5.41) is 9.06. The predicted octanol–water partition coefficient (Wildman–Crippen LogP) is 2.37. The second kappa shape index (κ2) is 5.32. The van der Waals surface area contributed by atoms with Gasteiger partial charge in [0, 0.05) is 12.6 Å². The Morgan fingerprint density at radius 1 is 1.37 bits per heavy atom. The van der Waals surface area contributed by atoms with Gasteiger partial charge in [0.05, 0.1) is 10.5 Å². The van der Waals surface area contributed by atoms with Gasteiger partial charge < -0.3 is 0 Å². The van der Waals surface area contributed by atoms with Gasteiger partial charge in [-0.3, -0.25) is 0 Å². The molecule has 0 heterocycles. The maximum atomic E-state index is 12.7. The molecule has 1 aromatic rings. The van der Waals surface area contributed by atoms with Gasteiger partial charge in [0.25, 0.3) is 0 Å². The fourth-order valence-electron chi connectivity index (χ4n) is 2.05. The van der Waals surface area contributed by atoms with Crippen LogP contribution < -0.4 is 0 Å². The van der Waals surface area contributed by atoms with E-state index >= 15 is 0 Å². The second-order valence-corrected chi connectivity index (χ2v) is 7.08. The number of rotatable bonds is 5. The maximum Gasteiger partial charge on any atom is 0.244 e. The van der Waals surface area contributed by atoms with Gasteiger partial charge in [0.2, 0.25) is 10.0 Å². The molecular weight excluding hydrogens is 260 g/mol. The molecule has 19 heavy (non-hydrogen) atoms. The van der Waals surface area contributed by atoms with Crippen LogP contribution in [-0.4, -0.2) is 25.3 Å². The third kappa shape index (κ3) is 2.96. The Balaban J connectivity index is 2.41. The molecule has 0 saturated heterocycles. The van der Waals surface area contributed by atoms with Crippen molar-refractivity contribution in [3.8, 4) is 6.07 Å².